The third kappa shape index (κ3) is 3.07. The minimum absolute atomic E-state index is 0.370. The quantitative estimate of drug-likeness (QED) is 0.795. The molecule has 0 aromatic heterocycles. The Bertz CT molecular complexity index is 667. The van der Waals surface area contributed by atoms with E-state index >= 15 is 0 Å². The number of anilines is 1. The van der Waals surface area contributed by atoms with Gasteiger partial charge in [-0.05, 0) is 35.7 Å². The maximum absolute atomic E-state index is 12.8. The molecule has 0 radical (unpaired) electrons. The molecule has 0 aliphatic heterocycles. The predicted octanol–water partition coefficient (Wildman–Crippen LogP) is 5.22. The maximum Gasteiger partial charge on any atom is 0.416 e. The second-order valence-corrected chi connectivity index (χ2v) is 6.12. The molecule has 1 nitrogen and oxygen atoms in total. The summed E-state index contributed by atoms with van der Waals surface area (Å²) in [5, 5.41) is 3.11. The van der Waals surface area contributed by atoms with Gasteiger partial charge >= 0.3 is 6.18 Å². The summed E-state index contributed by atoms with van der Waals surface area (Å²) in [6.07, 6.45) is -3.35. The van der Waals surface area contributed by atoms with Crippen molar-refractivity contribution in [1.29, 1.82) is 0 Å². The second-order valence-electron chi connectivity index (χ2n) is 5.21. The van der Waals surface area contributed by atoms with Crippen LogP contribution in [0.15, 0.2) is 46.9 Å². The topological polar surface area (TPSA) is 12.0 Å². The van der Waals surface area contributed by atoms with Gasteiger partial charge in [0.25, 0.3) is 0 Å². The van der Waals surface area contributed by atoms with Crippen molar-refractivity contribution in [3.05, 3.63) is 63.6 Å². The standard InChI is InChI=1S/C16H13BrF3N/c17-13-6-12(16(18,19)20)7-14(8-13)21-9-11-5-10-3-1-2-4-15(10)11/h1-4,6-8,11,21H,5,9H2. The maximum atomic E-state index is 12.8. The molecule has 0 spiro atoms. The monoisotopic (exact) mass is 355 g/mol. The van der Waals surface area contributed by atoms with E-state index in [1.54, 1.807) is 6.07 Å². The van der Waals surface area contributed by atoms with Crippen molar-refractivity contribution in [2.75, 3.05) is 11.9 Å². The van der Waals surface area contributed by atoms with Crippen molar-refractivity contribution >= 4 is 21.6 Å². The molecule has 1 N–H and O–H groups in total. The van der Waals surface area contributed by atoms with E-state index < -0.39 is 11.7 Å². The van der Waals surface area contributed by atoms with E-state index in [0.29, 0.717) is 22.6 Å². The number of benzene rings is 2. The van der Waals surface area contributed by atoms with Crippen LogP contribution < -0.4 is 5.32 Å². The summed E-state index contributed by atoms with van der Waals surface area (Å²) in [6, 6.07) is 12.1. The van der Waals surface area contributed by atoms with Crippen molar-refractivity contribution in [3.63, 3.8) is 0 Å². The van der Waals surface area contributed by atoms with Crippen LogP contribution in [-0.4, -0.2) is 6.54 Å². The van der Waals surface area contributed by atoms with Gasteiger partial charge in [-0.15, -0.1) is 0 Å². The summed E-state index contributed by atoms with van der Waals surface area (Å²) >= 11 is 3.13. The number of nitrogens with one attached hydrogen (secondary N) is 1. The first-order chi connectivity index (χ1) is 9.93. The second kappa shape index (κ2) is 5.37. The zero-order chi connectivity index (χ0) is 15.0. The fourth-order valence-electron chi connectivity index (χ4n) is 2.64. The highest BCUT2D eigenvalue weighted by Gasteiger charge is 2.31. The van der Waals surface area contributed by atoms with Gasteiger partial charge in [-0.2, -0.15) is 13.2 Å². The normalized spacial score (nSPS) is 17.0. The zero-order valence-electron chi connectivity index (χ0n) is 11.0. The SMILES string of the molecule is FC(F)(F)c1cc(Br)cc(NCC2Cc3ccccc32)c1. The Hall–Kier alpha value is -1.49. The van der Waals surface area contributed by atoms with E-state index in [1.807, 2.05) is 12.1 Å². The Labute approximate surface area is 129 Å². The van der Waals surface area contributed by atoms with Gasteiger partial charge in [-0.25, -0.2) is 0 Å². The molecular formula is C16H13BrF3N. The van der Waals surface area contributed by atoms with Gasteiger partial charge in [0.1, 0.15) is 0 Å². The molecule has 1 aliphatic carbocycles. The average Bonchev–Trinajstić information content (AvgIpc) is 2.38. The first-order valence-corrected chi connectivity index (χ1v) is 7.42. The Morgan fingerprint density at radius 1 is 1.14 bits per heavy atom. The molecule has 0 bridgehead atoms. The molecule has 1 aliphatic rings. The van der Waals surface area contributed by atoms with E-state index in [1.165, 1.54) is 11.1 Å². The number of hydrogen-bond acceptors (Lipinski definition) is 1. The smallest absolute Gasteiger partial charge is 0.384 e. The van der Waals surface area contributed by atoms with Gasteiger partial charge in [-0.3, -0.25) is 0 Å². The summed E-state index contributed by atoms with van der Waals surface area (Å²) in [6.45, 7) is 0.644. The first-order valence-electron chi connectivity index (χ1n) is 6.63. The lowest BCUT2D eigenvalue weighted by Crippen LogP contribution is -2.24. The average molecular weight is 356 g/mol. The van der Waals surface area contributed by atoms with Crippen LogP contribution in [0.2, 0.25) is 0 Å². The summed E-state index contributed by atoms with van der Waals surface area (Å²) in [7, 11) is 0. The lowest BCUT2D eigenvalue weighted by Gasteiger charge is -2.30. The Morgan fingerprint density at radius 3 is 2.62 bits per heavy atom. The fourth-order valence-corrected chi connectivity index (χ4v) is 3.13. The molecule has 0 heterocycles. The van der Waals surface area contributed by atoms with E-state index in [-0.39, 0.29) is 0 Å². The molecule has 110 valence electrons. The molecule has 0 saturated heterocycles. The van der Waals surface area contributed by atoms with Gasteiger partial charge in [-0.1, -0.05) is 40.2 Å². The van der Waals surface area contributed by atoms with Crippen LogP contribution in [-0.2, 0) is 12.6 Å². The molecular weight excluding hydrogens is 343 g/mol. The number of fused-ring (bicyclic) bond motifs is 1. The van der Waals surface area contributed by atoms with Crippen molar-refractivity contribution in [1.82, 2.24) is 0 Å². The molecule has 5 heteroatoms. The number of alkyl halides is 3. The molecule has 0 saturated carbocycles. The molecule has 1 unspecified atom stereocenters. The van der Waals surface area contributed by atoms with Crippen LogP contribution in [0.25, 0.3) is 0 Å². The highest BCUT2D eigenvalue weighted by molar-refractivity contribution is 9.10. The molecule has 0 fully saturated rings. The van der Waals surface area contributed by atoms with Crippen LogP contribution in [0, 0.1) is 0 Å². The van der Waals surface area contributed by atoms with Gasteiger partial charge < -0.3 is 5.32 Å². The van der Waals surface area contributed by atoms with Crippen LogP contribution in [0.5, 0.6) is 0 Å². The molecule has 0 amide bonds. The van der Waals surface area contributed by atoms with Crippen molar-refractivity contribution in [3.8, 4) is 0 Å². The predicted molar refractivity (Wildman–Crippen MR) is 80.5 cm³/mol. The molecule has 3 rings (SSSR count). The zero-order valence-corrected chi connectivity index (χ0v) is 12.6. The van der Waals surface area contributed by atoms with E-state index in [4.69, 9.17) is 0 Å². The van der Waals surface area contributed by atoms with E-state index in [9.17, 15) is 13.2 Å². The number of rotatable bonds is 3. The highest BCUT2D eigenvalue weighted by atomic mass is 79.9. The molecule has 2 aromatic rings. The molecule has 2 aromatic carbocycles. The van der Waals surface area contributed by atoms with Crippen LogP contribution in [0.1, 0.15) is 22.6 Å². The summed E-state index contributed by atoms with van der Waals surface area (Å²) in [4.78, 5) is 0. The minimum atomic E-state index is -4.33. The minimum Gasteiger partial charge on any atom is -0.384 e. The van der Waals surface area contributed by atoms with E-state index in [0.717, 1.165) is 18.6 Å². The lowest BCUT2D eigenvalue weighted by atomic mass is 9.77. The van der Waals surface area contributed by atoms with Gasteiger partial charge in [0.15, 0.2) is 0 Å². The first kappa shape index (κ1) is 14.4. The van der Waals surface area contributed by atoms with E-state index in [2.05, 4.69) is 33.4 Å². The van der Waals surface area contributed by atoms with Gasteiger partial charge in [0.05, 0.1) is 5.56 Å². The number of hydrogen-bond donors (Lipinski definition) is 1. The lowest BCUT2D eigenvalue weighted by molar-refractivity contribution is -0.137. The van der Waals surface area contributed by atoms with Crippen molar-refractivity contribution in [2.24, 2.45) is 0 Å². The molecule has 1 atom stereocenters. The third-order valence-corrected chi connectivity index (χ3v) is 4.20. The summed E-state index contributed by atoms with van der Waals surface area (Å²) in [5.41, 5.74) is 2.46. The Kier molecular flexibility index (Phi) is 3.69. The van der Waals surface area contributed by atoms with Crippen molar-refractivity contribution < 1.29 is 13.2 Å². The summed E-state index contributed by atoms with van der Waals surface area (Å²) in [5.74, 6) is 0.370. The van der Waals surface area contributed by atoms with Gasteiger partial charge in [0, 0.05) is 22.6 Å². The molecule has 21 heavy (non-hydrogen) atoms. The Balaban J connectivity index is 1.71. The van der Waals surface area contributed by atoms with Crippen LogP contribution in [0.3, 0.4) is 0 Å². The van der Waals surface area contributed by atoms with Crippen LogP contribution in [0.4, 0.5) is 18.9 Å². The Morgan fingerprint density at radius 2 is 1.90 bits per heavy atom. The third-order valence-electron chi connectivity index (χ3n) is 3.74. The van der Waals surface area contributed by atoms with Crippen LogP contribution >= 0.6 is 15.9 Å². The fraction of sp³-hybridized carbons (Fsp3) is 0.250. The van der Waals surface area contributed by atoms with Crippen molar-refractivity contribution in [2.45, 2.75) is 18.5 Å². The van der Waals surface area contributed by atoms with Gasteiger partial charge in [0.2, 0.25) is 0 Å². The largest absolute Gasteiger partial charge is 0.416 e. The number of halogens is 4. The summed E-state index contributed by atoms with van der Waals surface area (Å²) < 4.78 is 38.7. The highest BCUT2D eigenvalue weighted by Crippen LogP contribution is 2.36.